The van der Waals surface area contributed by atoms with E-state index >= 15 is 0 Å². The number of aliphatic carboxylic acids is 1. The summed E-state index contributed by atoms with van der Waals surface area (Å²) in [5.74, 6) is -1.79. The molecule has 1 atom stereocenters. The normalized spacial score (nSPS) is 12.4. The zero-order chi connectivity index (χ0) is 18.3. The minimum absolute atomic E-state index is 0. The summed E-state index contributed by atoms with van der Waals surface area (Å²) in [5, 5.41) is 8.70. The summed E-state index contributed by atoms with van der Waals surface area (Å²) in [6, 6.07) is 0. The summed E-state index contributed by atoms with van der Waals surface area (Å²) in [6.07, 6.45) is 17.2. The number of carboxylic acids is 1. The van der Waals surface area contributed by atoms with Gasteiger partial charge in [-0.1, -0.05) is 70.4 Å². The molecule has 0 aromatic carbocycles. The van der Waals surface area contributed by atoms with E-state index in [-0.39, 0.29) is 65.5 Å². The van der Waals surface area contributed by atoms with E-state index in [0.717, 1.165) is 32.1 Å². The second-order valence-corrected chi connectivity index (χ2v) is 7.87. The molecule has 0 rings (SSSR count). The third-order valence-electron chi connectivity index (χ3n) is 4.09. The van der Waals surface area contributed by atoms with Crippen LogP contribution >= 0.6 is 0 Å². The zero-order valence-corrected chi connectivity index (χ0v) is 21.7. The van der Waals surface area contributed by atoms with Gasteiger partial charge in [0.05, 0.1) is 11.2 Å². The molecule has 5 nitrogen and oxygen atoms in total. The van der Waals surface area contributed by atoms with Crippen LogP contribution in [0.3, 0.4) is 0 Å². The second kappa shape index (κ2) is 20.8. The molecule has 0 bridgehead atoms. The summed E-state index contributed by atoms with van der Waals surface area (Å²) in [7, 11) is -4.81. The summed E-state index contributed by atoms with van der Waals surface area (Å²) >= 11 is 0. The average molecular weight is 406 g/mol. The minimum atomic E-state index is -4.81. The van der Waals surface area contributed by atoms with Gasteiger partial charge in [0, 0.05) is 0 Å². The third-order valence-corrected chi connectivity index (χ3v) is 5.21. The first kappa shape index (κ1) is 31.8. The molecule has 0 aliphatic rings. The molecule has 0 heterocycles. The van der Waals surface area contributed by atoms with Crippen molar-refractivity contribution in [3.05, 3.63) is 12.2 Å². The number of carbonyl (C=O) groups is 1. The molecule has 0 aliphatic heterocycles. The van der Waals surface area contributed by atoms with E-state index in [2.05, 4.69) is 19.1 Å². The Bertz CT molecular complexity index is 452. The summed E-state index contributed by atoms with van der Waals surface area (Å²) < 4.78 is 32.3. The van der Waals surface area contributed by atoms with Gasteiger partial charge in [-0.2, -0.15) is 0 Å². The molecule has 1 unspecified atom stereocenters. The Morgan fingerprint density at radius 3 is 1.69 bits per heavy atom. The van der Waals surface area contributed by atoms with Crippen molar-refractivity contribution in [3.63, 3.8) is 0 Å². The molecule has 0 N–H and O–H groups in total. The van der Waals surface area contributed by atoms with Gasteiger partial charge in [-0.05, 0) is 32.1 Å². The van der Waals surface area contributed by atoms with Crippen molar-refractivity contribution >= 4 is 16.1 Å². The van der Waals surface area contributed by atoms with E-state index in [4.69, 9.17) is 0 Å². The van der Waals surface area contributed by atoms with Gasteiger partial charge < -0.3 is 14.5 Å². The van der Waals surface area contributed by atoms with E-state index in [0.29, 0.717) is 6.42 Å². The van der Waals surface area contributed by atoms with Crippen LogP contribution in [-0.2, 0) is 14.9 Å². The predicted molar refractivity (Wildman–Crippen MR) is 93.3 cm³/mol. The Labute approximate surface area is 204 Å². The van der Waals surface area contributed by atoms with Crippen molar-refractivity contribution in [3.8, 4) is 0 Å². The maximum absolute atomic E-state index is 10.8. The maximum Gasteiger partial charge on any atom is 1.00 e. The summed E-state index contributed by atoms with van der Waals surface area (Å²) in [5.41, 5.74) is 0. The van der Waals surface area contributed by atoms with Crippen LogP contribution in [0.15, 0.2) is 12.2 Å². The number of hydrogen-bond acceptors (Lipinski definition) is 5. The standard InChI is InChI=1S/C18H34O5S.2Na/c1-2-3-4-5-6-7-8-9-10-11-12-13-14-15-16-17(18(19)20)24(21,22)23;;/h9-10,17H,2-8,11-16H2,1H3,(H,19,20)(H,21,22,23);;/q;2*+1/p-2/b10-9-;;. The molecule has 0 radical (unpaired) electrons. The molecule has 26 heavy (non-hydrogen) atoms. The number of allylic oxidation sites excluding steroid dienone is 2. The third kappa shape index (κ3) is 19.9. The Balaban J connectivity index is -0.00000264. The molecule has 142 valence electrons. The van der Waals surface area contributed by atoms with Crippen LogP contribution in [-0.4, -0.2) is 24.2 Å². The van der Waals surface area contributed by atoms with Gasteiger partial charge in [0.25, 0.3) is 0 Å². The van der Waals surface area contributed by atoms with Crippen molar-refractivity contribution in [2.45, 2.75) is 95.6 Å². The maximum atomic E-state index is 10.8. The number of carboxylic acid groups (broad SMARTS) is 1. The van der Waals surface area contributed by atoms with Crippen LogP contribution in [0, 0.1) is 0 Å². The van der Waals surface area contributed by atoms with Gasteiger partial charge in [-0.15, -0.1) is 0 Å². The van der Waals surface area contributed by atoms with Gasteiger partial charge >= 0.3 is 59.1 Å². The Morgan fingerprint density at radius 2 is 1.27 bits per heavy atom. The molecular formula is C18H32Na2O5S. The molecule has 0 aromatic heterocycles. The minimum Gasteiger partial charge on any atom is -0.747 e. The monoisotopic (exact) mass is 406 g/mol. The smallest absolute Gasteiger partial charge is 0.747 e. The number of rotatable bonds is 16. The molecular weight excluding hydrogens is 374 g/mol. The molecule has 0 aliphatic carbocycles. The fourth-order valence-electron chi connectivity index (χ4n) is 2.60. The van der Waals surface area contributed by atoms with Crippen LogP contribution in [0.5, 0.6) is 0 Å². The van der Waals surface area contributed by atoms with Crippen molar-refractivity contribution < 1.29 is 82.0 Å². The molecule has 0 aromatic rings. The van der Waals surface area contributed by atoms with E-state index in [1.807, 2.05) is 0 Å². The molecule has 0 spiro atoms. The van der Waals surface area contributed by atoms with E-state index in [1.165, 1.54) is 38.5 Å². The average Bonchev–Trinajstić information content (AvgIpc) is 2.49. The number of unbranched alkanes of at least 4 members (excludes halogenated alkanes) is 10. The molecule has 0 saturated carbocycles. The van der Waals surface area contributed by atoms with Crippen LogP contribution < -0.4 is 64.2 Å². The van der Waals surface area contributed by atoms with Crippen molar-refractivity contribution in [2.24, 2.45) is 0 Å². The summed E-state index contributed by atoms with van der Waals surface area (Å²) in [6.45, 7) is 2.22. The van der Waals surface area contributed by atoms with Gasteiger partial charge in [0.1, 0.15) is 10.1 Å². The van der Waals surface area contributed by atoms with Gasteiger partial charge in [-0.25, -0.2) is 8.42 Å². The molecule has 0 saturated heterocycles. The molecule has 8 heteroatoms. The Hall–Kier alpha value is 1.12. The zero-order valence-electron chi connectivity index (χ0n) is 16.9. The number of hydrogen-bond donors (Lipinski definition) is 0. The second-order valence-electron chi connectivity index (χ2n) is 6.32. The van der Waals surface area contributed by atoms with Gasteiger partial charge in [-0.3, -0.25) is 0 Å². The quantitative estimate of drug-likeness (QED) is 0.120. The molecule has 0 fully saturated rings. The SMILES string of the molecule is CCCCCCCC/C=C\CCCCCCC(C(=O)[O-])S(=O)(=O)[O-].[Na+].[Na+]. The first-order valence-corrected chi connectivity index (χ1v) is 10.7. The van der Waals surface area contributed by atoms with Gasteiger partial charge in [0.15, 0.2) is 0 Å². The fraction of sp³-hybridized carbons (Fsp3) is 0.833. The first-order chi connectivity index (χ1) is 11.4. The largest absolute Gasteiger partial charge is 1.00 e. The van der Waals surface area contributed by atoms with E-state index in [1.54, 1.807) is 0 Å². The van der Waals surface area contributed by atoms with E-state index in [9.17, 15) is 22.9 Å². The van der Waals surface area contributed by atoms with Crippen LogP contribution in [0.4, 0.5) is 0 Å². The van der Waals surface area contributed by atoms with Crippen molar-refractivity contribution in [1.82, 2.24) is 0 Å². The molecule has 0 amide bonds. The van der Waals surface area contributed by atoms with Crippen molar-refractivity contribution in [1.29, 1.82) is 0 Å². The predicted octanol–water partition coefficient (Wildman–Crippen LogP) is -2.69. The topological polar surface area (TPSA) is 97.3 Å². The van der Waals surface area contributed by atoms with Crippen LogP contribution in [0.1, 0.15) is 90.4 Å². The Morgan fingerprint density at radius 1 is 0.846 bits per heavy atom. The number of carbonyl (C=O) groups excluding carboxylic acids is 1. The van der Waals surface area contributed by atoms with Crippen LogP contribution in [0.25, 0.3) is 0 Å². The van der Waals surface area contributed by atoms with Gasteiger partial charge in [0.2, 0.25) is 0 Å². The van der Waals surface area contributed by atoms with E-state index < -0.39 is 21.3 Å². The van der Waals surface area contributed by atoms with Crippen LogP contribution in [0.2, 0.25) is 0 Å². The first-order valence-electron chi connectivity index (χ1n) is 9.20. The van der Waals surface area contributed by atoms with Crippen molar-refractivity contribution in [2.75, 3.05) is 0 Å². The Kier molecular flexibility index (Phi) is 25.5. The fourth-order valence-corrected chi connectivity index (χ4v) is 3.29. The summed E-state index contributed by atoms with van der Waals surface area (Å²) in [4.78, 5) is 10.6.